The molecule has 0 spiro atoms. The number of carboxylic acid groups (broad SMARTS) is 1. The third-order valence-electron chi connectivity index (χ3n) is 4.99. The van der Waals surface area contributed by atoms with E-state index in [2.05, 4.69) is 15.3 Å². The summed E-state index contributed by atoms with van der Waals surface area (Å²) in [6.07, 6.45) is 1.68. The highest BCUT2D eigenvalue weighted by Crippen LogP contribution is 2.22. The third-order valence-corrected chi connectivity index (χ3v) is 5.77. The molecule has 0 bridgehead atoms. The molecule has 33 heavy (non-hydrogen) atoms. The number of nitrogens with zero attached hydrogens (tertiary/aromatic N) is 3. The molecule has 0 amide bonds. The molecule has 2 aliphatic rings. The quantitative estimate of drug-likeness (QED) is 0.630. The van der Waals surface area contributed by atoms with E-state index in [1.54, 1.807) is 36.2 Å². The Morgan fingerprint density at radius 2 is 2.12 bits per heavy atom. The van der Waals surface area contributed by atoms with E-state index in [9.17, 15) is 19.1 Å². The van der Waals surface area contributed by atoms with Crippen molar-refractivity contribution in [1.29, 1.82) is 0 Å². The normalized spacial score (nSPS) is 20.8. The number of ether oxygens (including phenoxy) is 2. The topological polar surface area (TPSA) is 113 Å². The van der Waals surface area contributed by atoms with Gasteiger partial charge < -0.3 is 19.9 Å². The Bertz CT molecular complexity index is 1010. The molecule has 3 heterocycles. The van der Waals surface area contributed by atoms with Gasteiger partial charge in [0, 0.05) is 30.4 Å². The lowest BCUT2D eigenvalue weighted by molar-refractivity contribution is -0.149. The molecule has 0 aliphatic carbocycles. The average Bonchev–Trinajstić information content (AvgIpc) is 3.35. The molecule has 2 aliphatic heterocycles. The van der Waals surface area contributed by atoms with Crippen LogP contribution in [-0.4, -0.2) is 78.3 Å². The van der Waals surface area contributed by atoms with Gasteiger partial charge in [-0.2, -0.15) is 0 Å². The number of hydrogen-bond acceptors (Lipinski definition) is 9. The molecule has 11 heteroatoms. The van der Waals surface area contributed by atoms with Crippen LogP contribution >= 0.6 is 11.3 Å². The molecular weight excluding hydrogens is 451 g/mol. The number of amidine groups is 1. The van der Waals surface area contributed by atoms with Crippen LogP contribution in [0.25, 0.3) is 0 Å². The smallest absolute Gasteiger partial charge is 0.337 e. The second kappa shape index (κ2) is 11.6. The number of carboxylic acids is 1. The second-order valence-electron chi connectivity index (χ2n) is 7.19. The first-order valence-electron chi connectivity index (χ1n) is 10.2. The molecular formula is C22H25FN4O5S. The first-order valence-corrected chi connectivity index (χ1v) is 11.1. The molecule has 0 radical (unpaired) electrons. The van der Waals surface area contributed by atoms with Crippen molar-refractivity contribution in [2.24, 2.45) is 4.99 Å². The SMILES string of the molecule is COC(=O)C1=C(CN2CCOCC2C(=O)O)NC(c2nccs2)=NC1C.Fc1ccccc1. The number of esters is 1. The molecule has 0 saturated carbocycles. The molecule has 1 saturated heterocycles. The fourth-order valence-electron chi connectivity index (χ4n) is 3.40. The van der Waals surface area contributed by atoms with Gasteiger partial charge in [0.25, 0.3) is 0 Å². The van der Waals surface area contributed by atoms with Crippen molar-refractivity contribution >= 4 is 29.1 Å². The maximum Gasteiger partial charge on any atom is 0.337 e. The van der Waals surface area contributed by atoms with Crippen LogP contribution in [0.1, 0.15) is 11.9 Å². The lowest BCUT2D eigenvalue weighted by Gasteiger charge is -2.35. The molecule has 176 valence electrons. The summed E-state index contributed by atoms with van der Waals surface area (Å²) in [5.74, 6) is -1.05. The van der Waals surface area contributed by atoms with Crippen LogP contribution in [-0.2, 0) is 19.1 Å². The first kappa shape index (κ1) is 24.5. The Morgan fingerprint density at radius 3 is 2.70 bits per heavy atom. The number of hydrogen-bond donors (Lipinski definition) is 2. The van der Waals surface area contributed by atoms with E-state index in [1.165, 1.54) is 30.6 Å². The molecule has 2 atom stereocenters. The summed E-state index contributed by atoms with van der Waals surface area (Å²) < 4.78 is 22.1. The largest absolute Gasteiger partial charge is 0.480 e. The minimum atomic E-state index is -0.956. The molecule has 1 fully saturated rings. The number of methoxy groups -OCH3 is 1. The van der Waals surface area contributed by atoms with Crippen LogP contribution in [0, 0.1) is 5.82 Å². The Balaban J connectivity index is 0.000000374. The number of aromatic nitrogens is 1. The van der Waals surface area contributed by atoms with Crippen molar-refractivity contribution in [1.82, 2.24) is 15.2 Å². The number of rotatable bonds is 5. The Labute approximate surface area is 194 Å². The minimum Gasteiger partial charge on any atom is -0.480 e. The van der Waals surface area contributed by atoms with E-state index in [1.807, 2.05) is 5.38 Å². The molecule has 2 unspecified atom stereocenters. The van der Waals surface area contributed by atoms with E-state index in [4.69, 9.17) is 9.47 Å². The predicted octanol–water partition coefficient (Wildman–Crippen LogP) is 1.92. The fourth-order valence-corrected chi connectivity index (χ4v) is 3.99. The highest BCUT2D eigenvalue weighted by Gasteiger charge is 2.34. The van der Waals surface area contributed by atoms with E-state index >= 15 is 0 Å². The summed E-state index contributed by atoms with van der Waals surface area (Å²) in [4.78, 5) is 34.3. The van der Waals surface area contributed by atoms with Gasteiger partial charge in [-0.05, 0) is 19.1 Å². The number of carbonyl (C=O) groups is 2. The summed E-state index contributed by atoms with van der Waals surface area (Å²) in [6, 6.07) is 6.74. The highest BCUT2D eigenvalue weighted by atomic mass is 32.1. The zero-order valence-corrected chi connectivity index (χ0v) is 19.0. The standard InChI is InChI=1S/C16H20N4O5S.C6H5F/c1-9-12(16(23)24-2)10(19-13(18-9)14-17-3-6-26-14)7-20-4-5-25-8-11(20)15(21)22;7-6-4-2-1-3-5-6/h3,6,9,11H,4-5,7-8H2,1-2H3,(H,18,19)(H,21,22);1-5H. The van der Waals surface area contributed by atoms with Gasteiger partial charge in [-0.15, -0.1) is 11.3 Å². The number of morpholine rings is 1. The summed E-state index contributed by atoms with van der Waals surface area (Å²) in [5.41, 5.74) is 0.973. The molecule has 9 nitrogen and oxygen atoms in total. The summed E-state index contributed by atoms with van der Waals surface area (Å²) >= 11 is 1.43. The van der Waals surface area contributed by atoms with Gasteiger partial charge in [0.15, 0.2) is 10.8 Å². The lowest BCUT2D eigenvalue weighted by atomic mass is 10.0. The number of halogens is 1. The maximum atomic E-state index is 12.3. The number of carbonyl (C=O) groups excluding carboxylic acids is 1. The minimum absolute atomic E-state index is 0.110. The van der Waals surface area contributed by atoms with Crippen LogP contribution in [0.3, 0.4) is 0 Å². The van der Waals surface area contributed by atoms with Gasteiger partial charge in [0.1, 0.15) is 11.9 Å². The van der Waals surface area contributed by atoms with Crippen LogP contribution < -0.4 is 5.32 Å². The highest BCUT2D eigenvalue weighted by molar-refractivity contribution is 7.11. The molecule has 2 N–H and O–H groups in total. The Morgan fingerprint density at radius 1 is 1.36 bits per heavy atom. The van der Waals surface area contributed by atoms with Gasteiger partial charge in [-0.1, -0.05) is 18.2 Å². The molecule has 4 rings (SSSR count). The second-order valence-corrected chi connectivity index (χ2v) is 8.09. The van der Waals surface area contributed by atoms with E-state index in [-0.39, 0.29) is 19.0 Å². The average molecular weight is 477 g/mol. The monoisotopic (exact) mass is 476 g/mol. The van der Waals surface area contributed by atoms with Crippen molar-refractivity contribution in [3.63, 3.8) is 0 Å². The van der Waals surface area contributed by atoms with Crippen LogP contribution in [0.4, 0.5) is 4.39 Å². The molecule has 1 aromatic carbocycles. The predicted molar refractivity (Wildman–Crippen MR) is 121 cm³/mol. The van der Waals surface area contributed by atoms with E-state index in [0.29, 0.717) is 35.3 Å². The number of benzene rings is 1. The maximum absolute atomic E-state index is 12.3. The molecule has 1 aromatic heterocycles. The first-order chi connectivity index (χ1) is 15.9. The Kier molecular flexibility index (Phi) is 8.64. The number of aliphatic carboxylic acids is 1. The van der Waals surface area contributed by atoms with Crippen LogP contribution in [0.2, 0.25) is 0 Å². The molecule has 2 aromatic rings. The van der Waals surface area contributed by atoms with Gasteiger partial charge in [-0.25, -0.2) is 14.2 Å². The van der Waals surface area contributed by atoms with Crippen LogP contribution in [0.15, 0.2) is 58.2 Å². The van der Waals surface area contributed by atoms with Gasteiger partial charge in [0.05, 0.1) is 31.9 Å². The van der Waals surface area contributed by atoms with E-state index in [0.717, 1.165) is 0 Å². The van der Waals surface area contributed by atoms with Crippen molar-refractivity contribution in [3.8, 4) is 0 Å². The van der Waals surface area contributed by atoms with Gasteiger partial charge >= 0.3 is 11.9 Å². The van der Waals surface area contributed by atoms with Crippen molar-refractivity contribution in [2.45, 2.75) is 19.0 Å². The third kappa shape index (κ3) is 6.44. The van der Waals surface area contributed by atoms with Gasteiger partial charge in [0.2, 0.25) is 0 Å². The van der Waals surface area contributed by atoms with E-state index < -0.39 is 24.0 Å². The fraction of sp³-hybridized carbons (Fsp3) is 0.364. The zero-order valence-electron chi connectivity index (χ0n) is 18.2. The summed E-state index contributed by atoms with van der Waals surface area (Å²) in [5, 5.41) is 15.1. The van der Waals surface area contributed by atoms with Crippen molar-refractivity contribution in [3.05, 3.63) is 64.0 Å². The Hall–Kier alpha value is -3.15. The zero-order chi connectivity index (χ0) is 23.8. The lowest BCUT2D eigenvalue weighted by Crippen LogP contribution is -2.52. The number of thiazole rings is 1. The van der Waals surface area contributed by atoms with Gasteiger partial charge in [-0.3, -0.25) is 14.7 Å². The number of aliphatic imine (C=N–C) groups is 1. The summed E-state index contributed by atoms with van der Waals surface area (Å²) in [7, 11) is 1.31. The number of nitrogens with one attached hydrogen (secondary N) is 1. The van der Waals surface area contributed by atoms with Crippen LogP contribution in [0.5, 0.6) is 0 Å². The van der Waals surface area contributed by atoms with Crippen molar-refractivity contribution < 1.29 is 28.6 Å². The van der Waals surface area contributed by atoms with Crippen molar-refractivity contribution in [2.75, 3.05) is 33.4 Å². The summed E-state index contributed by atoms with van der Waals surface area (Å²) in [6.45, 7) is 3.05.